The molecule has 0 saturated heterocycles. The van der Waals surface area contributed by atoms with Gasteiger partial charge in [0, 0.05) is 10.8 Å². The lowest BCUT2D eigenvalue weighted by atomic mass is 9.76. The van der Waals surface area contributed by atoms with Gasteiger partial charge in [0.15, 0.2) is 0 Å². The molecule has 0 fully saturated rings. The van der Waals surface area contributed by atoms with Crippen LogP contribution in [0.1, 0.15) is 44.5 Å². The Kier molecular flexibility index (Phi) is 7.03. The third-order valence-electron chi connectivity index (χ3n) is 12.3. The van der Waals surface area contributed by atoms with Gasteiger partial charge in [0.05, 0.1) is 0 Å². The minimum absolute atomic E-state index is 0.924. The first-order chi connectivity index (χ1) is 24.6. The number of aryl methyl sites for hydroxylation is 4. The van der Waals surface area contributed by atoms with Crippen LogP contribution in [0.15, 0.2) is 114 Å². The second-order valence-electron chi connectivity index (χ2n) is 14.7. The summed E-state index contributed by atoms with van der Waals surface area (Å²) in [6.07, 6.45) is 0. The first-order valence-electron chi connectivity index (χ1n) is 18.1. The molecule has 0 radical (unpaired) electrons. The highest BCUT2D eigenvalue weighted by atomic mass is 16.3. The van der Waals surface area contributed by atoms with Crippen molar-refractivity contribution in [2.24, 2.45) is 0 Å². The zero-order valence-electron chi connectivity index (χ0n) is 30.8. The average molecular weight is 659 g/mol. The first kappa shape index (κ1) is 31.3. The molecule has 0 aliphatic rings. The highest BCUT2D eigenvalue weighted by Crippen LogP contribution is 2.51. The molecular weight excluding hydrogens is 617 g/mol. The molecule has 1 heteroatoms. The van der Waals surface area contributed by atoms with Crippen molar-refractivity contribution in [1.82, 2.24) is 0 Å². The summed E-state index contributed by atoms with van der Waals surface area (Å²) >= 11 is 0. The number of hydrogen-bond acceptors (Lipinski definition) is 1. The molecule has 8 aromatic carbocycles. The van der Waals surface area contributed by atoms with Gasteiger partial charge in [-0.05, 0) is 190 Å². The average Bonchev–Trinajstić information content (AvgIpc) is 3.52. The predicted octanol–water partition coefficient (Wildman–Crippen LogP) is 14.5. The Morgan fingerprint density at radius 1 is 0.314 bits per heavy atom. The topological polar surface area (TPSA) is 13.1 Å². The van der Waals surface area contributed by atoms with Crippen molar-refractivity contribution < 1.29 is 4.42 Å². The van der Waals surface area contributed by atoms with Crippen molar-refractivity contribution in [2.75, 3.05) is 0 Å². The van der Waals surface area contributed by atoms with Crippen LogP contribution in [0.2, 0.25) is 0 Å². The van der Waals surface area contributed by atoms with Gasteiger partial charge in [-0.2, -0.15) is 0 Å². The van der Waals surface area contributed by atoms with Crippen LogP contribution >= 0.6 is 0 Å². The Morgan fingerprint density at radius 2 is 0.725 bits per heavy atom. The van der Waals surface area contributed by atoms with Crippen LogP contribution in [0.4, 0.5) is 0 Å². The second kappa shape index (κ2) is 11.4. The summed E-state index contributed by atoms with van der Waals surface area (Å²) in [7, 11) is 0. The van der Waals surface area contributed by atoms with E-state index in [4.69, 9.17) is 4.42 Å². The highest BCUT2D eigenvalue weighted by molar-refractivity contribution is 6.26. The molecule has 9 aromatic rings. The molecule has 0 atom stereocenters. The zero-order chi connectivity index (χ0) is 35.3. The molecule has 0 spiro atoms. The van der Waals surface area contributed by atoms with E-state index in [-0.39, 0.29) is 0 Å². The number of benzene rings is 8. The van der Waals surface area contributed by atoms with E-state index in [0.717, 1.165) is 21.9 Å². The van der Waals surface area contributed by atoms with Gasteiger partial charge in [-0.3, -0.25) is 0 Å². The highest BCUT2D eigenvalue weighted by Gasteiger charge is 2.26. The van der Waals surface area contributed by atoms with Gasteiger partial charge in [0.25, 0.3) is 0 Å². The van der Waals surface area contributed by atoms with Gasteiger partial charge >= 0.3 is 0 Å². The molecule has 1 heterocycles. The second-order valence-corrected chi connectivity index (χ2v) is 14.7. The fourth-order valence-electron chi connectivity index (χ4n) is 8.78. The molecule has 0 saturated carbocycles. The summed E-state index contributed by atoms with van der Waals surface area (Å²) in [5, 5.41) is 10.2. The Morgan fingerprint density at radius 3 is 1.27 bits per heavy atom. The monoisotopic (exact) mass is 658 g/mol. The third-order valence-corrected chi connectivity index (χ3v) is 12.3. The molecule has 248 valence electrons. The van der Waals surface area contributed by atoms with Crippen molar-refractivity contribution in [3.05, 3.63) is 154 Å². The quantitative estimate of drug-likeness (QED) is 0.172. The lowest BCUT2D eigenvalue weighted by molar-refractivity contribution is 0.669. The van der Waals surface area contributed by atoms with E-state index in [1.807, 2.05) is 0 Å². The largest absolute Gasteiger partial charge is 0.456 e. The maximum absolute atomic E-state index is 6.50. The first-order valence-corrected chi connectivity index (χ1v) is 18.1. The van der Waals surface area contributed by atoms with Crippen molar-refractivity contribution in [3.8, 4) is 33.4 Å². The third kappa shape index (κ3) is 4.54. The minimum atomic E-state index is 0.924. The van der Waals surface area contributed by atoms with Gasteiger partial charge in [0.2, 0.25) is 0 Å². The van der Waals surface area contributed by atoms with Crippen molar-refractivity contribution in [3.63, 3.8) is 0 Å². The Labute approximate surface area is 300 Å². The van der Waals surface area contributed by atoms with Crippen molar-refractivity contribution in [1.29, 1.82) is 0 Å². The number of furan rings is 1. The molecule has 0 N–H and O–H groups in total. The lowest BCUT2D eigenvalue weighted by Gasteiger charge is -2.27. The van der Waals surface area contributed by atoms with E-state index >= 15 is 0 Å². The Hall–Kier alpha value is -5.66. The Balaban J connectivity index is 1.45. The summed E-state index contributed by atoms with van der Waals surface area (Å²) in [6.45, 7) is 18.5. The van der Waals surface area contributed by atoms with E-state index in [2.05, 4.69) is 165 Å². The number of fused-ring (bicyclic) bond motifs is 6. The number of rotatable bonds is 3. The van der Waals surface area contributed by atoms with E-state index < -0.39 is 0 Å². The van der Waals surface area contributed by atoms with Gasteiger partial charge in [0.1, 0.15) is 11.2 Å². The van der Waals surface area contributed by atoms with Gasteiger partial charge in [-0.25, -0.2) is 0 Å². The SMILES string of the molecule is Cc1c(C)c(C)c2c(-c3ccc4oc5cc6ccccc6cc5c4c3)c3c(C)c(C)c(C)c(C)c3c(-c3ccc(-c4ccccc4)cc3)c2c1C. The fraction of sp³-hybridized carbons (Fsp3) is 0.160. The molecule has 0 bridgehead atoms. The molecule has 0 amide bonds. The van der Waals surface area contributed by atoms with Gasteiger partial charge in [-0.15, -0.1) is 0 Å². The van der Waals surface area contributed by atoms with Gasteiger partial charge < -0.3 is 4.42 Å². The molecule has 0 aliphatic carbocycles. The molecular formula is C50H42O. The Bertz CT molecular complexity index is 2820. The van der Waals surface area contributed by atoms with E-state index in [0.29, 0.717) is 0 Å². The standard InChI is InChI=1S/C50H42O/c1-27-29(3)33(7)47-45(31(27)5)49(37-20-18-36(19-21-37)35-14-10-9-11-15-35)46-32(6)28(2)30(4)34(8)48(46)50(47)40-22-23-43-41(25-40)42-24-38-16-12-13-17-39(38)26-44(42)51-43/h9-26H,1-8H3. The van der Waals surface area contributed by atoms with Crippen molar-refractivity contribution in [2.45, 2.75) is 55.4 Å². The molecule has 1 nitrogen and oxygen atoms in total. The normalized spacial score (nSPS) is 11.9. The van der Waals surface area contributed by atoms with Crippen LogP contribution in [-0.2, 0) is 0 Å². The fourth-order valence-corrected chi connectivity index (χ4v) is 8.78. The van der Waals surface area contributed by atoms with E-state index in [9.17, 15) is 0 Å². The van der Waals surface area contributed by atoms with Crippen LogP contribution in [0.25, 0.3) is 87.6 Å². The zero-order valence-corrected chi connectivity index (χ0v) is 30.8. The van der Waals surface area contributed by atoms with Crippen LogP contribution in [0, 0.1) is 55.4 Å². The molecule has 1 aromatic heterocycles. The maximum Gasteiger partial charge on any atom is 0.136 e. The van der Waals surface area contributed by atoms with E-state index in [1.165, 1.54) is 110 Å². The number of hydrogen-bond donors (Lipinski definition) is 0. The molecule has 9 rings (SSSR count). The van der Waals surface area contributed by atoms with Crippen LogP contribution in [0.3, 0.4) is 0 Å². The lowest BCUT2D eigenvalue weighted by Crippen LogP contribution is -2.03. The van der Waals surface area contributed by atoms with Crippen LogP contribution < -0.4 is 0 Å². The smallest absolute Gasteiger partial charge is 0.136 e. The molecule has 51 heavy (non-hydrogen) atoms. The summed E-state index contributed by atoms with van der Waals surface area (Å²) in [5.41, 5.74) is 20.4. The van der Waals surface area contributed by atoms with Crippen molar-refractivity contribution >= 4 is 54.3 Å². The molecule has 0 unspecified atom stereocenters. The minimum Gasteiger partial charge on any atom is -0.456 e. The van der Waals surface area contributed by atoms with E-state index in [1.54, 1.807) is 0 Å². The van der Waals surface area contributed by atoms with Crippen LogP contribution in [0.5, 0.6) is 0 Å². The summed E-state index contributed by atoms with van der Waals surface area (Å²) in [6, 6.07) is 39.9. The summed E-state index contributed by atoms with van der Waals surface area (Å²) in [5.74, 6) is 0. The summed E-state index contributed by atoms with van der Waals surface area (Å²) in [4.78, 5) is 0. The molecule has 0 aliphatic heterocycles. The van der Waals surface area contributed by atoms with Crippen LogP contribution in [-0.4, -0.2) is 0 Å². The van der Waals surface area contributed by atoms with Gasteiger partial charge in [-0.1, -0.05) is 84.9 Å². The summed E-state index contributed by atoms with van der Waals surface area (Å²) < 4.78 is 6.50. The predicted molar refractivity (Wildman–Crippen MR) is 220 cm³/mol. The maximum atomic E-state index is 6.50.